The average Bonchev–Trinajstić information content (AvgIpc) is 2.37. The first-order valence-electron chi connectivity index (χ1n) is 6.01. The van der Waals surface area contributed by atoms with Gasteiger partial charge in [-0.25, -0.2) is 5.06 Å². The maximum absolute atomic E-state index is 11.7. The molecular formula is C12H19N2O6P. The number of benzene rings is 1. The molecule has 0 radical (unpaired) electrons. The van der Waals surface area contributed by atoms with E-state index in [1.807, 2.05) is 0 Å². The summed E-state index contributed by atoms with van der Waals surface area (Å²) < 4.78 is 16.7. The number of methoxy groups -OCH3 is 1. The van der Waals surface area contributed by atoms with Gasteiger partial charge in [-0.05, 0) is 24.7 Å². The number of rotatable bonds is 6. The first-order valence-corrected chi connectivity index (χ1v) is 7.69. The fraction of sp³-hybridized carbons (Fsp3) is 0.417. The van der Waals surface area contributed by atoms with Crippen LogP contribution >= 0.6 is 7.60 Å². The summed E-state index contributed by atoms with van der Waals surface area (Å²) in [6, 6.07) is 6.19. The summed E-state index contributed by atoms with van der Waals surface area (Å²) >= 11 is 0. The van der Waals surface area contributed by atoms with Crippen molar-refractivity contribution >= 4 is 13.5 Å². The lowest BCUT2D eigenvalue weighted by Gasteiger charge is -2.29. The van der Waals surface area contributed by atoms with Crippen LogP contribution in [0.3, 0.4) is 0 Å². The fourth-order valence-electron chi connectivity index (χ4n) is 1.88. The summed E-state index contributed by atoms with van der Waals surface area (Å²) in [6.07, 6.45) is 0. The van der Waals surface area contributed by atoms with Crippen molar-refractivity contribution in [1.82, 2.24) is 9.96 Å². The van der Waals surface area contributed by atoms with E-state index in [-0.39, 0.29) is 6.54 Å². The van der Waals surface area contributed by atoms with Crippen molar-refractivity contribution in [3.8, 4) is 5.75 Å². The largest absolute Gasteiger partial charge is 0.497 e. The first kappa shape index (κ1) is 17.6. The topological polar surface area (TPSA) is 111 Å². The summed E-state index contributed by atoms with van der Waals surface area (Å²) in [7, 11) is -0.501. The Morgan fingerprint density at radius 1 is 1.29 bits per heavy atom. The Bertz CT molecular complexity index is 527. The van der Waals surface area contributed by atoms with Gasteiger partial charge in [0.05, 0.1) is 13.7 Å². The van der Waals surface area contributed by atoms with Gasteiger partial charge >= 0.3 is 7.60 Å². The number of nitrogens with zero attached hydrogens (tertiary/aromatic N) is 2. The molecule has 1 aromatic rings. The van der Waals surface area contributed by atoms with Crippen LogP contribution in [-0.4, -0.2) is 58.6 Å². The number of hydrogen-bond acceptors (Lipinski definition) is 5. The molecule has 0 aromatic heterocycles. The standard InChI is InChI=1S/C12H19N2O6P/c1-13(8-11(15)14(2)16)12(21(17,18)19)9-4-6-10(20-3)7-5-9/h4-7,12,16H,8H2,1-3H3,(H2,17,18,19). The fourth-order valence-corrected chi connectivity index (χ4v) is 3.04. The molecule has 1 unspecified atom stereocenters. The Balaban J connectivity index is 3.05. The van der Waals surface area contributed by atoms with Crippen LogP contribution in [0.25, 0.3) is 0 Å². The molecule has 9 heteroatoms. The van der Waals surface area contributed by atoms with Crippen molar-refractivity contribution in [2.45, 2.75) is 5.78 Å². The summed E-state index contributed by atoms with van der Waals surface area (Å²) in [6.45, 7) is -0.338. The second kappa shape index (κ2) is 7.02. The molecule has 0 spiro atoms. The molecule has 3 N–H and O–H groups in total. The van der Waals surface area contributed by atoms with Gasteiger partial charge in [0.2, 0.25) is 0 Å². The molecule has 0 heterocycles. The van der Waals surface area contributed by atoms with Gasteiger partial charge in [-0.15, -0.1) is 0 Å². The molecule has 0 bridgehead atoms. The Hall–Kier alpha value is -1.44. The minimum atomic E-state index is -4.53. The van der Waals surface area contributed by atoms with Crippen LogP contribution in [0.1, 0.15) is 11.3 Å². The van der Waals surface area contributed by atoms with E-state index in [4.69, 9.17) is 9.94 Å². The molecule has 0 fully saturated rings. The quantitative estimate of drug-likeness (QED) is 0.401. The van der Waals surface area contributed by atoms with Crippen molar-refractivity contribution in [3.05, 3.63) is 29.8 Å². The monoisotopic (exact) mass is 318 g/mol. The Morgan fingerprint density at radius 3 is 2.19 bits per heavy atom. The van der Waals surface area contributed by atoms with E-state index in [2.05, 4.69) is 0 Å². The molecule has 1 atom stereocenters. The number of carbonyl (C=O) groups excluding carboxylic acids is 1. The minimum absolute atomic E-state index is 0.338. The normalized spacial score (nSPS) is 13.1. The van der Waals surface area contributed by atoms with Crippen LogP contribution in [0.5, 0.6) is 5.75 Å². The predicted octanol–water partition coefficient (Wildman–Crippen LogP) is 0.651. The third-order valence-corrected chi connectivity index (χ3v) is 4.23. The smallest absolute Gasteiger partial charge is 0.347 e. The minimum Gasteiger partial charge on any atom is -0.497 e. The van der Waals surface area contributed by atoms with Gasteiger partial charge in [0, 0.05) is 7.05 Å². The molecule has 0 aliphatic rings. The number of carbonyl (C=O) groups is 1. The predicted molar refractivity (Wildman–Crippen MR) is 75.0 cm³/mol. The van der Waals surface area contributed by atoms with Crippen molar-refractivity contribution in [3.63, 3.8) is 0 Å². The van der Waals surface area contributed by atoms with Gasteiger partial charge in [-0.2, -0.15) is 0 Å². The molecule has 21 heavy (non-hydrogen) atoms. The number of hydroxylamine groups is 2. The van der Waals surface area contributed by atoms with Crippen LogP contribution in [0.4, 0.5) is 0 Å². The SMILES string of the molecule is COc1ccc(C(N(C)CC(=O)N(C)O)P(=O)(O)O)cc1. The Morgan fingerprint density at radius 2 is 1.81 bits per heavy atom. The molecule has 1 rings (SSSR count). The lowest BCUT2D eigenvalue weighted by molar-refractivity contribution is -0.160. The molecule has 0 saturated heterocycles. The van der Waals surface area contributed by atoms with E-state index in [1.165, 1.54) is 31.2 Å². The number of likely N-dealkylation sites (N-methyl/N-ethyl adjacent to an activating group) is 2. The van der Waals surface area contributed by atoms with E-state index in [0.717, 1.165) is 7.05 Å². The molecule has 0 aliphatic carbocycles. The van der Waals surface area contributed by atoms with Crippen molar-refractivity contribution in [2.75, 3.05) is 27.7 Å². The van der Waals surface area contributed by atoms with Crippen molar-refractivity contribution in [2.24, 2.45) is 0 Å². The number of amides is 1. The zero-order valence-corrected chi connectivity index (χ0v) is 12.9. The van der Waals surface area contributed by atoms with Crippen LogP contribution in [-0.2, 0) is 9.36 Å². The van der Waals surface area contributed by atoms with Crippen LogP contribution in [0, 0.1) is 0 Å². The second-order valence-corrected chi connectivity index (χ2v) is 6.24. The van der Waals surface area contributed by atoms with Gasteiger partial charge in [0.25, 0.3) is 5.91 Å². The van der Waals surface area contributed by atoms with E-state index in [1.54, 1.807) is 12.1 Å². The highest BCUT2D eigenvalue weighted by atomic mass is 31.2. The average molecular weight is 318 g/mol. The van der Waals surface area contributed by atoms with Gasteiger partial charge in [0.15, 0.2) is 0 Å². The molecule has 0 aliphatic heterocycles. The van der Waals surface area contributed by atoms with E-state index in [0.29, 0.717) is 16.4 Å². The molecular weight excluding hydrogens is 299 g/mol. The van der Waals surface area contributed by atoms with Gasteiger partial charge in [-0.1, -0.05) is 12.1 Å². The second-order valence-electron chi connectivity index (χ2n) is 4.57. The highest BCUT2D eigenvalue weighted by molar-refractivity contribution is 7.52. The zero-order valence-electron chi connectivity index (χ0n) is 12.0. The number of hydrogen-bond donors (Lipinski definition) is 3. The highest BCUT2D eigenvalue weighted by Gasteiger charge is 2.35. The molecule has 1 amide bonds. The first-order chi connectivity index (χ1) is 9.66. The molecule has 8 nitrogen and oxygen atoms in total. The third-order valence-electron chi connectivity index (χ3n) is 2.90. The van der Waals surface area contributed by atoms with E-state index >= 15 is 0 Å². The summed E-state index contributed by atoms with van der Waals surface area (Å²) in [5, 5.41) is 9.42. The molecule has 0 saturated carbocycles. The van der Waals surface area contributed by atoms with Crippen LogP contribution < -0.4 is 4.74 Å². The maximum Gasteiger partial charge on any atom is 0.347 e. The lowest BCUT2D eigenvalue weighted by atomic mass is 10.2. The van der Waals surface area contributed by atoms with Crippen molar-refractivity contribution in [1.29, 1.82) is 0 Å². The van der Waals surface area contributed by atoms with Crippen LogP contribution in [0.15, 0.2) is 24.3 Å². The van der Waals surface area contributed by atoms with E-state index < -0.39 is 19.3 Å². The summed E-state index contributed by atoms with van der Waals surface area (Å²) in [5.41, 5.74) is 0.347. The van der Waals surface area contributed by atoms with Gasteiger partial charge < -0.3 is 14.5 Å². The van der Waals surface area contributed by atoms with Gasteiger partial charge in [-0.3, -0.25) is 19.5 Å². The summed E-state index contributed by atoms with van der Waals surface area (Å²) in [4.78, 5) is 31.7. The lowest BCUT2D eigenvalue weighted by Crippen LogP contribution is -2.36. The Kier molecular flexibility index (Phi) is 5.88. The van der Waals surface area contributed by atoms with Crippen molar-refractivity contribution < 1.29 is 29.1 Å². The summed E-state index contributed by atoms with van der Waals surface area (Å²) in [5.74, 6) is -1.41. The van der Waals surface area contributed by atoms with Gasteiger partial charge in [0.1, 0.15) is 11.5 Å². The maximum atomic E-state index is 11.7. The molecule has 1 aromatic carbocycles. The van der Waals surface area contributed by atoms with E-state index in [9.17, 15) is 19.1 Å². The van der Waals surface area contributed by atoms with Crippen LogP contribution in [0.2, 0.25) is 0 Å². The number of ether oxygens (including phenoxy) is 1. The third kappa shape index (κ3) is 4.80. The Labute approximate surface area is 122 Å². The zero-order chi connectivity index (χ0) is 16.2. The molecule has 118 valence electrons. The highest BCUT2D eigenvalue weighted by Crippen LogP contribution is 2.53.